The van der Waals surface area contributed by atoms with Crippen molar-refractivity contribution in [3.8, 4) is 0 Å². The predicted molar refractivity (Wildman–Crippen MR) is 53.7 cm³/mol. The molecule has 2 aliphatic rings. The zero-order valence-electron chi connectivity index (χ0n) is 8.41. The molecule has 0 aromatic carbocycles. The van der Waals surface area contributed by atoms with Crippen molar-refractivity contribution < 1.29 is 5.11 Å². The van der Waals surface area contributed by atoms with Gasteiger partial charge in [0.15, 0.2) is 0 Å². The lowest BCUT2D eigenvalue weighted by Gasteiger charge is -2.39. The summed E-state index contributed by atoms with van der Waals surface area (Å²) in [4.78, 5) is 2.58. The molecule has 0 spiro atoms. The minimum atomic E-state index is 0.372. The Balaban J connectivity index is 1.93. The van der Waals surface area contributed by atoms with Crippen LogP contribution >= 0.6 is 0 Å². The second-order valence-electron chi connectivity index (χ2n) is 4.51. The molecule has 1 aliphatic heterocycles. The first kappa shape index (κ1) is 9.47. The molecule has 0 aromatic heterocycles. The summed E-state index contributed by atoms with van der Waals surface area (Å²) in [5.74, 6) is 0. The van der Waals surface area contributed by atoms with Crippen LogP contribution in [0, 0.1) is 0 Å². The van der Waals surface area contributed by atoms with Crippen molar-refractivity contribution in [1.29, 1.82) is 0 Å². The Morgan fingerprint density at radius 1 is 1.00 bits per heavy atom. The number of piperidine rings is 1. The van der Waals surface area contributed by atoms with Crippen LogP contribution in [0.3, 0.4) is 0 Å². The quantitative estimate of drug-likeness (QED) is 0.705. The van der Waals surface area contributed by atoms with Crippen LogP contribution in [0.25, 0.3) is 0 Å². The van der Waals surface area contributed by atoms with Gasteiger partial charge in [-0.1, -0.05) is 19.3 Å². The second-order valence-corrected chi connectivity index (χ2v) is 4.51. The Kier molecular flexibility index (Phi) is 3.23. The number of hydrogen-bond acceptors (Lipinski definition) is 2. The van der Waals surface area contributed by atoms with E-state index in [0.29, 0.717) is 12.6 Å². The third kappa shape index (κ3) is 2.05. The average Bonchev–Trinajstić information content (AvgIpc) is 2.70. The normalized spacial score (nSPS) is 32.5. The van der Waals surface area contributed by atoms with Crippen LogP contribution in [0.1, 0.15) is 44.9 Å². The van der Waals surface area contributed by atoms with Crippen molar-refractivity contribution in [3.05, 3.63) is 0 Å². The maximum atomic E-state index is 9.28. The first-order valence-corrected chi connectivity index (χ1v) is 5.78. The minimum Gasteiger partial charge on any atom is -0.395 e. The zero-order valence-corrected chi connectivity index (χ0v) is 8.41. The Hall–Kier alpha value is -0.0800. The van der Waals surface area contributed by atoms with E-state index in [1.807, 2.05) is 0 Å². The fraction of sp³-hybridized carbons (Fsp3) is 1.00. The largest absolute Gasteiger partial charge is 0.395 e. The van der Waals surface area contributed by atoms with E-state index in [0.717, 1.165) is 6.04 Å². The summed E-state index contributed by atoms with van der Waals surface area (Å²) in [5.41, 5.74) is 0. The highest BCUT2D eigenvalue weighted by Gasteiger charge is 2.29. The molecule has 2 heteroatoms. The lowest BCUT2D eigenvalue weighted by molar-refractivity contribution is 0.0551. The van der Waals surface area contributed by atoms with Crippen LogP contribution in [-0.2, 0) is 0 Å². The van der Waals surface area contributed by atoms with E-state index in [1.54, 1.807) is 0 Å². The van der Waals surface area contributed by atoms with E-state index >= 15 is 0 Å². The van der Waals surface area contributed by atoms with Gasteiger partial charge in [-0.25, -0.2) is 0 Å². The topological polar surface area (TPSA) is 23.5 Å². The number of aliphatic hydroxyl groups excluding tert-OH is 1. The summed E-state index contributed by atoms with van der Waals surface area (Å²) in [7, 11) is 0. The maximum Gasteiger partial charge on any atom is 0.0586 e. The van der Waals surface area contributed by atoms with E-state index < -0.39 is 0 Å². The van der Waals surface area contributed by atoms with Gasteiger partial charge in [-0.05, 0) is 32.2 Å². The average molecular weight is 183 g/mol. The molecule has 1 unspecified atom stereocenters. The van der Waals surface area contributed by atoms with Crippen molar-refractivity contribution >= 4 is 0 Å². The molecule has 1 heterocycles. The lowest BCUT2D eigenvalue weighted by atomic mass is 10.00. The second kappa shape index (κ2) is 4.43. The molecule has 76 valence electrons. The highest BCUT2D eigenvalue weighted by Crippen LogP contribution is 2.28. The summed E-state index contributed by atoms with van der Waals surface area (Å²) in [6.45, 7) is 1.60. The molecule has 2 fully saturated rings. The monoisotopic (exact) mass is 183 g/mol. The molecular formula is C11H21NO. The molecule has 1 atom stereocenters. The maximum absolute atomic E-state index is 9.28. The van der Waals surface area contributed by atoms with Crippen molar-refractivity contribution in [2.75, 3.05) is 13.2 Å². The Morgan fingerprint density at radius 3 is 2.38 bits per heavy atom. The number of likely N-dealkylation sites (tertiary alicyclic amines) is 1. The summed E-state index contributed by atoms with van der Waals surface area (Å²) < 4.78 is 0. The molecule has 1 N–H and O–H groups in total. The highest BCUT2D eigenvalue weighted by atomic mass is 16.3. The number of aliphatic hydroxyl groups is 1. The van der Waals surface area contributed by atoms with Gasteiger partial charge in [-0.15, -0.1) is 0 Å². The number of nitrogens with zero attached hydrogens (tertiary/aromatic N) is 1. The van der Waals surface area contributed by atoms with E-state index in [4.69, 9.17) is 0 Å². The van der Waals surface area contributed by atoms with Gasteiger partial charge in [0.2, 0.25) is 0 Å². The molecule has 0 amide bonds. The Morgan fingerprint density at radius 2 is 1.69 bits per heavy atom. The fourth-order valence-electron chi connectivity index (χ4n) is 2.94. The Labute approximate surface area is 80.9 Å². The van der Waals surface area contributed by atoms with Crippen LogP contribution in [0.2, 0.25) is 0 Å². The van der Waals surface area contributed by atoms with Gasteiger partial charge in [0.05, 0.1) is 6.61 Å². The highest BCUT2D eigenvalue weighted by molar-refractivity contribution is 4.85. The molecule has 0 aromatic rings. The SMILES string of the molecule is OCC1CCCCN1C1CCCC1. The summed E-state index contributed by atoms with van der Waals surface area (Å²) in [5, 5.41) is 9.28. The summed E-state index contributed by atoms with van der Waals surface area (Å²) >= 11 is 0. The van der Waals surface area contributed by atoms with Gasteiger partial charge < -0.3 is 5.11 Å². The molecule has 13 heavy (non-hydrogen) atoms. The van der Waals surface area contributed by atoms with Gasteiger partial charge in [-0.3, -0.25) is 4.90 Å². The molecule has 1 saturated carbocycles. The van der Waals surface area contributed by atoms with Crippen molar-refractivity contribution in [2.24, 2.45) is 0 Å². The first-order chi connectivity index (χ1) is 6.42. The van der Waals surface area contributed by atoms with Gasteiger partial charge in [0, 0.05) is 12.1 Å². The summed E-state index contributed by atoms with van der Waals surface area (Å²) in [6.07, 6.45) is 9.42. The van der Waals surface area contributed by atoms with Crippen molar-refractivity contribution in [3.63, 3.8) is 0 Å². The number of rotatable bonds is 2. The van der Waals surface area contributed by atoms with Crippen LogP contribution < -0.4 is 0 Å². The zero-order chi connectivity index (χ0) is 9.10. The third-order valence-corrected chi connectivity index (χ3v) is 3.68. The van der Waals surface area contributed by atoms with Crippen LogP contribution in [0.15, 0.2) is 0 Å². The molecular weight excluding hydrogens is 162 g/mol. The molecule has 1 saturated heterocycles. The molecule has 1 aliphatic carbocycles. The van der Waals surface area contributed by atoms with Gasteiger partial charge in [0.1, 0.15) is 0 Å². The fourth-order valence-corrected chi connectivity index (χ4v) is 2.94. The van der Waals surface area contributed by atoms with E-state index in [9.17, 15) is 5.11 Å². The summed E-state index contributed by atoms with van der Waals surface area (Å²) in [6, 6.07) is 1.29. The molecule has 2 nitrogen and oxygen atoms in total. The minimum absolute atomic E-state index is 0.372. The molecule has 0 radical (unpaired) electrons. The van der Waals surface area contributed by atoms with E-state index in [1.165, 1.54) is 51.5 Å². The van der Waals surface area contributed by atoms with E-state index in [2.05, 4.69) is 4.90 Å². The van der Waals surface area contributed by atoms with Crippen molar-refractivity contribution in [2.45, 2.75) is 57.0 Å². The predicted octanol–water partition coefficient (Wildman–Crippen LogP) is 1.78. The van der Waals surface area contributed by atoms with Crippen LogP contribution in [0.4, 0.5) is 0 Å². The smallest absolute Gasteiger partial charge is 0.0586 e. The number of hydrogen-bond donors (Lipinski definition) is 1. The third-order valence-electron chi connectivity index (χ3n) is 3.68. The molecule has 2 rings (SSSR count). The molecule has 0 bridgehead atoms. The van der Waals surface area contributed by atoms with Crippen LogP contribution in [0.5, 0.6) is 0 Å². The van der Waals surface area contributed by atoms with Crippen molar-refractivity contribution in [1.82, 2.24) is 4.90 Å². The van der Waals surface area contributed by atoms with Gasteiger partial charge in [-0.2, -0.15) is 0 Å². The van der Waals surface area contributed by atoms with E-state index in [-0.39, 0.29) is 0 Å². The Bertz CT molecular complexity index is 152. The lowest BCUT2D eigenvalue weighted by Crippen LogP contribution is -2.46. The van der Waals surface area contributed by atoms with Gasteiger partial charge in [0.25, 0.3) is 0 Å². The first-order valence-electron chi connectivity index (χ1n) is 5.78. The van der Waals surface area contributed by atoms with Crippen LogP contribution in [-0.4, -0.2) is 35.2 Å². The van der Waals surface area contributed by atoms with Gasteiger partial charge >= 0.3 is 0 Å². The standard InChI is InChI=1S/C11H21NO/c13-9-11-7-3-4-8-12(11)10-5-1-2-6-10/h10-11,13H,1-9H2.